The van der Waals surface area contributed by atoms with Gasteiger partial charge in [-0.25, -0.2) is 4.39 Å². The van der Waals surface area contributed by atoms with Crippen LogP contribution in [0.4, 0.5) is 8.78 Å². The molecule has 23 heavy (non-hydrogen) atoms. The van der Waals surface area contributed by atoms with Gasteiger partial charge in [0.2, 0.25) is 0 Å². The van der Waals surface area contributed by atoms with Crippen molar-refractivity contribution in [3.05, 3.63) is 82.9 Å². The van der Waals surface area contributed by atoms with E-state index in [1.807, 2.05) is 18.2 Å². The zero-order valence-corrected chi connectivity index (χ0v) is 18.5. The fraction of sp³-hybridized carbons (Fsp3) is 0.0526. The van der Waals surface area contributed by atoms with Crippen molar-refractivity contribution in [1.82, 2.24) is 0 Å². The topological polar surface area (TPSA) is 0 Å². The van der Waals surface area contributed by atoms with E-state index in [1.165, 1.54) is 6.07 Å². The summed E-state index contributed by atoms with van der Waals surface area (Å²) in [5.41, 5.74) is 3.40. The largest absolute Gasteiger partial charge is 1.00 e. The molecule has 0 heterocycles. The number of halogens is 3. The average Bonchev–Trinajstić information content (AvgIpc) is 2.53. The summed E-state index contributed by atoms with van der Waals surface area (Å²) >= 11 is 5.75. The van der Waals surface area contributed by atoms with Crippen LogP contribution in [0.25, 0.3) is 22.3 Å². The first-order valence-electron chi connectivity index (χ1n) is 6.79. The Morgan fingerprint density at radius 3 is 2.13 bits per heavy atom. The maximum atomic E-state index is 14.0. The molecule has 0 aromatic heterocycles. The maximum Gasteiger partial charge on any atom is 1.00 e. The Hall–Kier alpha value is -0.385. The molecule has 4 heteroatoms. The zero-order chi connectivity index (χ0) is 15.7. The molecule has 0 bridgehead atoms. The number of rotatable bonds is 2. The first kappa shape index (κ1) is 18.9. The number of hydrogen-bond donors (Lipinski definition) is 0. The van der Waals surface area contributed by atoms with Crippen molar-refractivity contribution < 1.29 is 67.0 Å². The van der Waals surface area contributed by atoms with Crippen LogP contribution in [0.2, 0.25) is 5.02 Å². The van der Waals surface area contributed by atoms with E-state index in [-0.39, 0.29) is 69.0 Å². The summed E-state index contributed by atoms with van der Waals surface area (Å²) in [6.45, 7) is 1.72. The second-order valence-electron chi connectivity index (χ2n) is 5.06. The SMILES string of the molecule is Cc1ccc(-c2ccc(-c3cc[c-]c(Cl)c3F)cc2)cc1F.[Rb+]. The second kappa shape index (κ2) is 8.13. The molecule has 0 amide bonds. The predicted molar refractivity (Wildman–Crippen MR) is 85.8 cm³/mol. The average molecular weight is 399 g/mol. The van der Waals surface area contributed by atoms with Crippen LogP contribution < -0.4 is 58.2 Å². The Labute approximate surface area is 188 Å². The maximum absolute atomic E-state index is 14.0. The number of aryl methyl sites for hydroxylation is 1. The minimum absolute atomic E-state index is 0. The van der Waals surface area contributed by atoms with Gasteiger partial charge >= 0.3 is 58.2 Å². The second-order valence-corrected chi connectivity index (χ2v) is 5.44. The van der Waals surface area contributed by atoms with Crippen LogP contribution in [-0.4, -0.2) is 0 Å². The van der Waals surface area contributed by atoms with Crippen molar-refractivity contribution in [2.75, 3.05) is 0 Å². The smallest absolute Gasteiger partial charge is 0.282 e. The molecular weight excluding hydrogens is 387 g/mol. The van der Waals surface area contributed by atoms with Crippen molar-refractivity contribution in [3.63, 3.8) is 0 Å². The van der Waals surface area contributed by atoms with Gasteiger partial charge in [0.05, 0.1) is 0 Å². The Morgan fingerprint density at radius 1 is 0.870 bits per heavy atom. The molecule has 0 unspecified atom stereocenters. The van der Waals surface area contributed by atoms with Gasteiger partial charge in [0.15, 0.2) is 0 Å². The summed E-state index contributed by atoms with van der Waals surface area (Å²) in [6, 6.07) is 18.2. The molecule has 0 fully saturated rings. The van der Waals surface area contributed by atoms with Crippen LogP contribution >= 0.6 is 11.6 Å². The molecule has 0 N–H and O–H groups in total. The molecule has 3 aromatic carbocycles. The molecule has 0 nitrogen and oxygen atoms in total. The number of benzene rings is 3. The standard InChI is InChI=1S/C19H12ClF2.Rb/c1-12-5-6-15(11-18(12)21)13-7-9-14(10-8-13)16-3-2-4-17(20)19(16)22;/h2-3,5-11H,1H3;/q-1;+1. The van der Waals surface area contributed by atoms with E-state index in [4.69, 9.17) is 11.6 Å². The minimum Gasteiger partial charge on any atom is -0.282 e. The van der Waals surface area contributed by atoms with Crippen LogP contribution in [0.3, 0.4) is 0 Å². The van der Waals surface area contributed by atoms with Crippen LogP contribution in [0.5, 0.6) is 0 Å². The summed E-state index contributed by atoms with van der Waals surface area (Å²) in [6.07, 6.45) is 0. The fourth-order valence-corrected chi connectivity index (χ4v) is 2.46. The molecule has 3 aromatic rings. The summed E-state index contributed by atoms with van der Waals surface area (Å²) < 4.78 is 27.6. The molecular formula is C19H12ClF2Rb. The van der Waals surface area contributed by atoms with Gasteiger partial charge in [-0.3, -0.25) is 4.39 Å². The van der Waals surface area contributed by atoms with Gasteiger partial charge in [-0.05, 0) is 40.3 Å². The molecule has 0 aliphatic carbocycles. The number of hydrogen-bond acceptors (Lipinski definition) is 0. The minimum atomic E-state index is -0.488. The van der Waals surface area contributed by atoms with E-state index in [2.05, 4.69) is 6.07 Å². The summed E-state index contributed by atoms with van der Waals surface area (Å²) in [4.78, 5) is 0. The Kier molecular flexibility index (Phi) is 6.70. The van der Waals surface area contributed by atoms with Crippen LogP contribution in [0.1, 0.15) is 5.56 Å². The van der Waals surface area contributed by atoms with Crippen LogP contribution in [-0.2, 0) is 0 Å². The first-order valence-corrected chi connectivity index (χ1v) is 7.16. The third kappa shape index (κ3) is 4.18. The third-order valence-corrected chi connectivity index (χ3v) is 3.87. The fourth-order valence-electron chi connectivity index (χ4n) is 2.29. The van der Waals surface area contributed by atoms with E-state index in [0.29, 0.717) is 16.7 Å². The van der Waals surface area contributed by atoms with Gasteiger partial charge in [0.1, 0.15) is 5.82 Å². The van der Waals surface area contributed by atoms with Crippen molar-refractivity contribution >= 4 is 11.6 Å². The van der Waals surface area contributed by atoms with Gasteiger partial charge in [-0.15, -0.1) is 11.6 Å². The molecule has 110 valence electrons. The quantitative estimate of drug-likeness (QED) is 0.582. The summed E-state index contributed by atoms with van der Waals surface area (Å²) in [7, 11) is 0. The van der Waals surface area contributed by atoms with Crippen molar-refractivity contribution in [1.29, 1.82) is 0 Å². The molecule has 3 rings (SSSR count). The molecule has 0 atom stereocenters. The van der Waals surface area contributed by atoms with Gasteiger partial charge in [-0.1, -0.05) is 42.0 Å². The zero-order valence-electron chi connectivity index (χ0n) is 12.8. The van der Waals surface area contributed by atoms with Gasteiger partial charge in [0, 0.05) is 5.82 Å². The molecule has 0 spiro atoms. The Morgan fingerprint density at radius 2 is 1.48 bits per heavy atom. The summed E-state index contributed by atoms with van der Waals surface area (Å²) in [5, 5.41) is -0.0258. The van der Waals surface area contributed by atoms with Crippen molar-refractivity contribution in [2.45, 2.75) is 6.92 Å². The molecule has 0 aliphatic heterocycles. The van der Waals surface area contributed by atoms with Crippen LogP contribution in [0.15, 0.2) is 54.6 Å². The van der Waals surface area contributed by atoms with E-state index in [0.717, 1.165) is 11.1 Å². The normalized spacial score (nSPS) is 10.3. The van der Waals surface area contributed by atoms with E-state index in [9.17, 15) is 8.78 Å². The molecule has 0 aliphatic rings. The monoisotopic (exact) mass is 398 g/mol. The first-order chi connectivity index (χ1) is 10.6. The third-order valence-electron chi connectivity index (χ3n) is 3.59. The summed E-state index contributed by atoms with van der Waals surface area (Å²) in [5.74, 6) is -0.726. The van der Waals surface area contributed by atoms with Crippen LogP contribution in [0, 0.1) is 24.6 Å². The Balaban J connectivity index is 0.00000192. The predicted octanol–water partition coefficient (Wildman–Crippen LogP) is 3.06. The van der Waals surface area contributed by atoms with Gasteiger partial charge in [0.25, 0.3) is 0 Å². The van der Waals surface area contributed by atoms with Gasteiger partial charge in [-0.2, -0.15) is 18.2 Å². The van der Waals surface area contributed by atoms with E-state index in [1.54, 1.807) is 37.3 Å². The molecule has 0 saturated heterocycles. The van der Waals surface area contributed by atoms with Crippen molar-refractivity contribution in [2.24, 2.45) is 0 Å². The molecule has 0 radical (unpaired) electrons. The van der Waals surface area contributed by atoms with E-state index >= 15 is 0 Å². The molecule has 0 saturated carbocycles. The van der Waals surface area contributed by atoms with Crippen molar-refractivity contribution in [3.8, 4) is 22.3 Å². The van der Waals surface area contributed by atoms with E-state index < -0.39 is 5.82 Å². The van der Waals surface area contributed by atoms with Gasteiger partial charge < -0.3 is 0 Å². The Bertz CT molecular complexity index is 829.